The Kier molecular flexibility index (Phi) is 20.4. The van der Waals surface area contributed by atoms with Gasteiger partial charge in [0.2, 0.25) is 5.88 Å². The topological polar surface area (TPSA) is 140 Å². The zero-order valence-electron chi connectivity index (χ0n) is 30.4. The number of furan rings is 1. The molecule has 0 fully saturated rings. The Morgan fingerprint density at radius 1 is 0.808 bits per heavy atom. The van der Waals surface area contributed by atoms with Gasteiger partial charge in [0.25, 0.3) is 11.8 Å². The number of nitrogens with one attached hydrogen (secondary N) is 4. The first kappa shape index (κ1) is 46.2. The van der Waals surface area contributed by atoms with Gasteiger partial charge in [-0.05, 0) is 57.9 Å². The Bertz CT molecular complexity index is 1720. The first-order valence-corrected chi connectivity index (χ1v) is 17.7. The zero-order valence-corrected chi connectivity index (χ0v) is 34.9. The van der Waals surface area contributed by atoms with Crippen LogP contribution in [0, 0.1) is 20.8 Å². The van der Waals surface area contributed by atoms with Gasteiger partial charge >= 0.3 is 17.1 Å². The van der Waals surface area contributed by atoms with Crippen LogP contribution < -0.4 is 30.7 Å². The number of thiocarbonyl (C=S) groups is 2. The third-order valence-electron chi connectivity index (χ3n) is 8.06. The van der Waals surface area contributed by atoms with Crippen LogP contribution in [0.15, 0.2) is 63.5 Å². The number of methoxy groups -OCH3 is 2. The quantitative estimate of drug-likeness (QED) is 0.0492. The van der Waals surface area contributed by atoms with E-state index in [1.165, 1.54) is 14.2 Å². The molecule has 4 rings (SSSR count). The maximum absolute atomic E-state index is 12.6. The molecular weight excluding hydrogens is 782 g/mol. The predicted octanol–water partition coefficient (Wildman–Crippen LogP) is 7.31. The van der Waals surface area contributed by atoms with Crippen LogP contribution in [-0.2, 0) is 47.7 Å². The number of ether oxygens (including phenoxy) is 2. The van der Waals surface area contributed by atoms with Crippen molar-refractivity contribution in [1.29, 1.82) is 0 Å². The van der Waals surface area contributed by atoms with Crippen molar-refractivity contribution in [2.24, 2.45) is 0 Å². The second-order valence-corrected chi connectivity index (χ2v) is 13.4. The summed E-state index contributed by atoms with van der Waals surface area (Å²) in [5, 5.41) is 15.2. The maximum Gasteiger partial charge on any atom is 2.00 e. The third-order valence-corrected chi connectivity index (χ3v) is 8.64. The van der Waals surface area contributed by atoms with Crippen LogP contribution in [0.5, 0.6) is 11.5 Å². The molecule has 0 aliphatic rings. The van der Waals surface area contributed by atoms with Crippen LogP contribution in [0.3, 0.4) is 0 Å². The van der Waals surface area contributed by atoms with E-state index in [-0.39, 0.29) is 34.3 Å². The average molecular weight is 827 g/mol. The number of carbonyl (C=O) groups is 2. The summed E-state index contributed by atoms with van der Waals surface area (Å²) in [6, 6.07) is 16.3. The number of amides is 2. The molecule has 1 radical (unpaired) electrons. The number of nitrogens with zero attached hydrogens (tertiary/aromatic N) is 1. The summed E-state index contributed by atoms with van der Waals surface area (Å²) >= 11 is 18.4. The van der Waals surface area contributed by atoms with Gasteiger partial charge in [0.15, 0.2) is 0 Å². The average Bonchev–Trinajstić information content (AvgIpc) is 3.69. The molecule has 2 aromatic heterocycles. The fraction of sp³-hybridized carbons (Fsp3) is 0.361. The fourth-order valence-corrected chi connectivity index (χ4v) is 5.06. The normalized spacial score (nSPS) is 10.2. The van der Waals surface area contributed by atoms with Crippen molar-refractivity contribution in [2.45, 2.75) is 59.8 Å². The number of para-hydroxylation sites is 1. The SMILES string of the molecule is CCC(C)(CC)c1cc(NC(=O)c2c(OC)cccc2OC)on1.Cc1oc(C)c(C(=O)Nc2ccccc2)c1C.S=C([S-])NCCNC(=S)[S-].[Mn+2]. The molecule has 2 heterocycles. The molecular formula is C36H45MnN5O6S4. The van der Waals surface area contributed by atoms with Gasteiger partial charge in [-0.15, -0.1) is 0 Å². The molecule has 52 heavy (non-hydrogen) atoms. The van der Waals surface area contributed by atoms with Crippen molar-refractivity contribution in [3.63, 3.8) is 0 Å². The standard InChI is InChI=1S/C18H24N2O4.C14H15NO2.C4H8N2S4.Mn/c1-6-18(3,7-2)14-11-15(24-20-14)19-17(21)16-12(22-4)9-8-10-13(16)23-5;1-9-10(2)17-11(3)13(9)14(16)15-12-7-5-4-6-8-12;7-3(8)5-1-2-6-4(9)10;/h8-11H,6-7H2,1-5H3,(H,19,21);4-8H,1-3H3,(H,15,16);1-2H2,(H2,5,7,8)(H2,6,9,10);/q;;;+2/p-2. The second-order valence-electron chi connectivity index (χ2n) is 11.3. The molecule has 281 valence electrons. The number of aryl methyl sites for hydroxylation is 2. The van der Waals surface area contributed by atoms with Crippen molar-refractivity contribution in [3.05, 3.63) is 88.5 Å². The summed E-state index contributed by atoms with van der Waals surface area (Å²) in [5.41, 5.74) is 3.38. The van der Waals surface area contributed by atoms with E-state index in [1.54, 1.807) is 31.2 Å². The van der Waals surface area contributed by atoms with E-state index in [9.17, 15) is 9.59 Å². The van der Waals surface area contributed by atoms with Gasteiger partial charge in [-0.3, -0.25) is 14.9 Å². The van der Waals surface area contributed by atoms with Crippen molar-refractivity contribution >= 4 is 81.7 Å². The Labute approximate surface area is 338 Å². The number of hydrogen-bond donors (Lipinski definition) is 4. The van der Waals surface area contributed by atoms with Crippen LogP contribution in [0.1, 0.15) is 77.1 Å². The van der Waals surface area contributed by atoms with Gasteiger partial charge in [-0.1, -0.05) is 58.8 Å². The van der Waals surface area contributed by atoms with Gasteiger partial charge in [-0.2, -0.15) is 0 Å². The van der Waals surface area contributed by atoms with Crippen LogP contribution >= 0.6 is 24.4 Å². The summed E-state index contributed by atoms with van der Waals surface area (Å²) in [6.45, 7) is 13.2. The van der Waals surface area contributed by atoms with E-state index >= 15 is 0 Å². The molecule has 0 bridgehead atoms. The monoisotopic (exact) mass is 826 g/mol. The van der Waals surface area contributed by atoms with Crippen molar-refractivity contribution in [2.75, 3.05) is 37.9 Å². The van der Waals surface area contributed by atoms with Gasteiger partial charge in [-0.25, -0.2) is 0 Å². The molecule has 0 saturated heterocycles. The zero-order chi connectivity index (χ0) is 38.1. The summed E-state index contributed by atoms with van der Waals surface area (Å²) in [4.78, 5) is 24.7. The Morgan fingerprint density at radius 3 is 1.77 bits per heavy atom. The summed E-state index contributed by atoms with van der Waals surface area (Å²) < 4.78 is 22.0. The predicted molar refractivity (Wildman–Crippen MR) is 215 cm³/mol. The van der Waals surface area contributed by atoms with Gasteiger partial charge in [0, 0.05) is 35.8 Å². The van der Waals surface area contributed by atoms with Crippen LogP contribution in [0.4, 0.5) is 11.6 Å². The number of carbonyl (C=O) groups excluding carboxylic acids is 2. The minimum absolute atomic E-state index is 0. The van der Waals surface area contributed by atoms with E-state index in [0.29, 0.717) is 56.0 Å². The van der Waals surface area contributed by atoms with E-state index in [2.05, 4.69) is 96.9 Å². The molecule has 4 aromatic rings. The molecule has 11 nitrogen and oxygen atoms in total. The second kappa shape index (κ2) is 23.0. The van der Waals surface area contributed by atoms with Crippen LogP contribution in [-0.4, -0.2) is 52.9 Å². The molecule has 0 unspecified atom stereocenters. The van der Waals surface area contributed by atoms with E-state index in [0.717, 1.165) is 35.5 Å². The van der Waals surface area contributed by atoms with Crippen molar-refractivity contribution in [1.82, 2.24) is 15.8 Å². The third kappa shape index (κ3) is 14.0. The molecule has 2 aromatic carbocycles. The van der Waals surface area contributed by atoms with Gasteiger partial charge in [0.05, 0.1) is 25.5 Å². The fourth-order valence-electron chi connectivity index (χ4n) is 4.65. The molecule has 2 amide bonds. The Morgan fingerprint density at radius 2 is 1.33 bits per heavy atom. The Balaban J connectivity index is 0.000000422. The maximum atomic E-state index is 12.6. The summed E-state index contributed by atoms with van der Waals surface area (Å²) in [7, 11) is 3.01. The van der Waals surface area contributed by atoms with Gasteiger partial charge in [0.1, 0.15) is 28.6 Å². The molecule has 0 aliphatic heterocycles. The van der Waals surface area contributed by atoms with Gasteiger partial charge < -0.3 is 84.1 Å². The van der Waals surface area contributed by atoms with Crippen LogP contribution in [0.25, 0.3) is 0 Å². The molecule has 0 spiro atoms. The molecule has 16 heteroatoms. The molecule has 0 atom stereocenters. The summed E-state index contributed by atoms with van der Waals surface area (Å²) in [6.07, 6.45) is 1.87. The number of hydrogen-bond acceptors (Lipinski definition) is 11. The number of rotatable bonds is 12. The molecule has 0 aliphatic carbocycles. The largest absolute Gasteiger partial charge is 2.00 e. The molecule has 0 saturated carbocycles. The number of anilines is 2. The number of aromatic nitrogens is 1. The molecule has 4 N–H and O–H groups in total. The van der Waals surface area contributed by atoms with Crippen molar-refractivity contribution in [3.8, 4) is 11.5 Å². The van der Waals surface area contributed by atoms with Crippen molar-refractivity contribution < 1.29 is 45.1 Å². The first-order chi connectivity index (χ1) is 24.2. The number of benzene rings is 2. The van der Waals surface area contributed by atoms with Crippen LogP contribution in [0.2, 0.25) is 0 Å². The summed E-state index contributed by atoms with van der Waals surface area (Å²) in [5.74, 6) is 2.12. The minimum Gasteiger partial charge on any atom is -0.496 e. The Hall–Kier alpha value is -3.79. The van der Waals surface area contributed by atoms with E-state index < -0.39 is 0 Å². The van der Waals surface area contributed by atoms with E-state index in [1.807, 2.05) is 44.2 Å². The first-order valence-electron chi connectivity index (χ1n) is 16.0. The van der Waals surface area contributed by atoms with E-state index in [4.69, 9.17) is 18.4 Å². The smallest absolute Gasteiger partial charge is 0.496 e. The minimum atomic E-state index is -0.373.